The molecule has 0 aromatic carbocycles. The maximum Gasteiger partial charge on any atom is 0.279 e. The van der Waals surface area contributed by atoms with Gasteiger partial charge in [0, 0.05) is 25.2 Å². The second kappa shape index (κ2) is 5.44. The molecule has 16 heavy (non-hydrogen) atoms. The van der Waals surface area contributed by atoms with Gasteiger partial charge < -0.3 is 5.73 Å². The molecule has 0 aromatic rings. The Labute approximate surface area is 98.6 Å². The molecule has 0 bridgehead atoms. The van der Waals surface area contributed by atoms with Crippen LogP contribution in [0.15, 0.2) is 0 Å². The van der Waals surface area contributed by atoms with Crippen molar-refractivity contribution < 1.29 is 8.42 Å². The van der Waals surface area contributed by atoms with Gasteiger partial charge in [-0.15, -0.1) is 0 Å². The Hall–Kier alpha value is -0.170. The van der Waals surface area contributed by atoms with Gasteiger partial charge in [-0.3, -0.25) is 0 Å². The maximum absolute atomic E-state index is 12.1. The minimum absolute atomic E-state index is 0.0648. The molecular weight excluding hydrogens is 226 g/mol. The number of hydrogen-bond acceptors (Lipinski definition) is 3. The fraction of sp³-hybridized carbons (Fsp3) is 1.00. The number of rotatable bonds is 4. The van der Waals surface area contributed by atoms with E-state index < -0.39 is 10.2 Å². The van der Waals surface area contributed by atoms with Crippen LogP contribution in [0.25, 0.3) is 0 Å². The molecular formula is C10H23N3O2S. The maximum atomic E-state index is 12.1. The van der Waals surface area contributed by atoms with E-state index in [4.69, 9.17) is 5.73 Å². The molecule has 1 saturated heterocycles. The fourth-order valence-electron chi connectivity index (χ4n) is 2.23. The smallest absolute Gasteiger partial charge is 0.279 e. The number of piperidine rings is 1. The van der Waals surface area contributed by atoms with Gasteiger partial charge in [-0.1, -0.05) is 6.92 Å². The Morgan fingerprint density at radius 2 is 2.12 bits per heavy atom. The zero-order valence-electron chi connectivity index (χ0n) is 10.3. The molecule has 2 unspecified atom stereocenters. The summed E-state index contributed by atoms with van der Waals surface area (Å²) in [5.41, 5.74) is 5.68. The summed E-state index contributed by atoms with van der Waals surface area (Å²) in [5, 5.41) is 0. The van der Waals surface area contributed by atoms with E-state index in [2.05, 4.69) is 11.6 Å². The molecule has 0 saturated carbocycles. The van der Waals surface area contributed by atoms with Gasteiger partial charge in [-0.05, 0) is 32.6 Å². The van der Waals surface area contributed by atoms with Gasteiger partial charge in [0.05, 0.1) is 0 Å². The van der Waals surface area contributed by atoms with Crippen LogP contribution in [0.5, 0.6) is 0 Å². The molecule has 5 nitrogen and oxygen atoms in total. The van der Waals surface area contributed by atoms with Crippen molar-refractivity contribution in [2.75, 3.05) is 13.1 Å². The van der Waals surface area contributed by atoms with E-state index in [0.717, 1.165) is 12.8 Å². The molecule has 1 aliphatic rings. The standard InChI is InChI=1S/C10H23N3O2S/c1-8(2)12-16(14,15)13-6-4-5-9(3)10(13)7-11/h8-10,12H,4-7,11H2,1-3H3. The second-order valence-corrected chi connectivity index (χ2v) is 6.47. The monoisotopic (exact) mass is 249 g/mol. The lowest BCUT2D eigenvalue weighted by Gasteiger charge is -2.38. The molecule has 1 heterocycles. The van der Waals surface area contributed by atoms with Crippen LogP contribution < -0.4 is 10.5 Å². The number of hydrogen-bond donors (Lipinski definition) is 2. The van der Waals surface area contributed by atoms with Crippen LogP contribution >= 0.6 is 0 Å². The highest BCUT2D eigenvalue weighted by Gasteiger charge is 2.35. The van der Waals surface area contributed by atoms with E-state index in [9.17, 15) is 8.42 Å². The van der Waals surface area contributed by atoms with Crippen molar-refractivity contribution in [1.29, 1.82) is 0 Å². The van der Waals surface area contributed by atoms with Gasteiger partial charge in [0.1, 0.15) is 0 Å². The Morgan fingerprint density at radius 3 is 2.62 bits per heavy atom. The molecule has 0 aromatic heterocycles. The van der Waals surface area contributed by atoms with Crippen molar-refractivity contribution in [3.63, 3.8) is 0 Å². The summed E-state index contributed by atoms with van der Waals surface area (Å²) in [4.78, 5) is 0. The van der Waals surface area contributed by atoms with E-state index in [0.29, 0.717) is 19.0 Å². The molecule has 3 N–H and O–H groups in total. The molecule has 1 aliphatic heterocycles. The SMILES string of the molecule is CC(C)NS(=O)(=O)N1CCCC(C)C1CN. The minimum Gasteiger partial charge on any atom is -0.329 e. The normalized spacial score (nSPS) is 28.6. The topological polar surface area (TPSA) is 75.4 Å². The van der Waals surface area contributed by atoms with Crippen LogP contribution in [-0.4, -0.2) is 37.9 Å². The van der Waals surface area contributed by atoms with Crippen molar-refractivity contribution in [2.24, 2.45) is 11.7 Å². The highest BCUT2D eigenvalue weighted by molar-refractivity contribution is 7.87. The third-order valence-corrected chi connectivity index (χ3v) is 4.84. The average Bonchev–Trinajstić information content (AvgIpc) is 2.15. The average molecular weight is 249 g/mol. The van der Waals surface area contributed by atoms with Crippen LogP contribution in [0, 0.1) is 5.92 Å². The lowest BCUT2D eigenvalue weighted by atomic mass is 9.93. The van der Waals surface area contributed by atoms with Crippen LogP contribution in [0.4, 0.5) is 0 Å². The fourth-order valence-corrected chi connectivity index (χ4v) is 3.98. The molecule has 2 atom stereocenters. The van der Waals surface area contributed by atoms with Crippen LogP contribution in [-0.2, 0) is 10.2 Å². The van der Waals surface area contributed by atoms with E-state index in [1.54, 1.807) is 0 Å². The van der Waals surface area contributed by atoms with Crippen molar-refractivity contribution in [1.82, 2.24) is 9.03 Å². The summed E-state index contributed by atoms with van der Waals surface area (Å²) in [6.45, 7) is 6.67. The van der Waals surface area contributed by atoms with Crippen molar-refractivity contribution in [2.45, 2.75) is 45.7 Å². The molecule has 1 rings (SSSR count). The van der Waals surface area contributed by atoms with Gasteiger partial charge in [-0.25, -0.2) is 0 Å². The summed E-state index contributed by atoms with van der Waals surface area (Å²) in [7, 11) is -3.37. The summed E-state index contributed by atoms with van der Waals surface area (Å²) < 4.78 is 28.3. The quantitative estimate of drug-likeness (QED) is 0.752. The molecule has 0 spiro atoms. The van der Waals surface area contributed by atoms with Gasteiger partial charge in [-0.2, -0.15) is 17.4 Å². The molecule has 0 amide bonds. The van der Waals surface area contributed by atoms with Crippen LogP contribution in [0.3, 0.4) is 0 Å². The van der Waals surface area contributed by atoms with Crippen molar-refractivity contribution in [3.8, 4) is 0 Å². The first-order valence-corrected chi connectivity index (χ1v) is 7.31. The Balaban J connectivity index is 2.84. The van der Waals surface area contributed by atoms with Crippen molar-refractivity contribution in [3.05, 3.63) is 0 Å². The van der Waals surface area contributed by atoms with Gasteiger partial charge in [0.25, 0.3) is 10.2 Å². The molecule has 1 fully saturated rings. The predicted octanol–water partition coefficient (Wildman–Crippen LogP) is 0.288. The van der Waals surface area contributed by atoms with E-state index in [1.165, 1.54) is 4.31 Å². The van der Waals surface area contributed by atoms with Crippen LogP contribution in [0.1, 0.15) is 33.6 Å². The Morgan fingerprint density at radius 1 is 1.50 bits per heavy atom. The summed E-state index contributed by atoms with van der Waals surface area (Å²) in [5.74, 6) is 0.336. The van der Waals surface area contributed by atoms with E-state index in [-0.39, 0.29) is 12.1 Å². The zero-order chi connectivity index (χ0) is 12.3. The van der Waals surface area contributed by atoms with E-state index >= 15 is 0 Å². The predicted molar refractivity (Wildman–Crippen MR) is 65.1 cm³/mol. The Bertz CT molecular complexity index is 316. The summed E-state index contributed by atoms with van der Waals surface area (Å²) in [6.07, 6.45) is 1.96. The van der Waals surface area contributed by atoms with Crippen LogP contribution in [0.2, 0.25) is 0 Å². The highest BCUT2D eigenvalue weighted by atomic mass is 32.2. The Kier molecular flexibility index (Phi) is 4.73. The third kappa shape index (κ3) is 3.16. The van der Waals surface area contributed by atoms with Gasteiger partial charge >= 0.3 is 0 Å². The third-order valence-electron chi connectivity index (χ3n) is 3.00. The largest absolute Gasteiger partial charge is 0.329 e. The first-order valence-electron chi connectivity index (χ1n) is 5.87. The molecule has 6 heteroatoms. The molecule has 96 valence electrons. The number of nitrogens with one attached hydrogen (secondary N) is 1. The second-order valence-electron chi connectivity index (χ2n) is 4.81. The molecule has 0 aliphatic carbocycles. The first-order chi connectivity index (χ1) is 7.38. The minimum atomic E-state index is -3.37. The van der Waals surface area contributed by atoms with E-state index in [1.807, 2.05) is 13.8 Å². The van der Waals surface area contributed by atoms with Gasteiger partial charge in [0.2, 0.25) is 0 Å². The lowest BCUT2D eigenvalue weighted by Crippen LogP contribution is -2.55. The lowest BCUT2D eigenvalue weighted by molar-refractivity contribution is 0.190. The zero-order valence-corrected chi connectivity index (χ0v) is 11.1. The van der Waals surface area contributed by atoms with Crippen molar-refractivity contribution >= 4 is 10.2 Å². The number of nitrogens with two attached hydrogens (primary N) is 1. The summed E-state index contributed by atoms with van der Waals surface area (Å²) >= 11 is 0. The molecule has 0 radical (unpaired) electrons. The summed E-state index contributed by atoms with van der Waals surface area (Å²) in [6, 6.07) is -0.148. The number of nitrogens with zero attached hydrogens (tertiary/aromatic N) is 1. The van der Waals surface area contributed by atoms with Gasteiger partial charge in [0.15, 0.2) is 0 Å². The highest BCUT2D eigenvalue weighted by Crippen LogP contribution is 2.24. The first kappa shape index (κ1) is 13.9.